The minimum absolute atomic E-state index is 0.0525. The van der Waals surface area contributed by atoms with Crippen molar-refractivity contribution < 1.29 is 27.2 Å². The molecule has 2 fully saturated rings. The van der Waals surface area contributed by atoms with Gasteiger partial charge >= 0.3 is 0 Å². The minimum Gasteiger partial charge on any atom is -0.393 e. The molecule has 1 saturated heterocycles. The highest BCUT2D eigenvalue weighted by Gasteiger charge is 2.37. The van der Waals surface area contributed by atoms with Crippen molar-refractivity contribution in [2.75, 3.05) is 18.5 Å². The summed E-state index contributed by atoms with van der Waals surface area (Å²) in [5.41, 5.74) is 0.211. The summed E-state index contributed by atoms with van der Waals surface area (Å²) in [4.78, 5) is 35.7. The third-order valence-electron chi connectivity index (χ3n) is 5.54. The molecule has 0 bridgehead atoms. The van der Waals surface area contributed by atoms with Crippen molar-refractivity contribution in [2.45, 2.75) is 48.8 Å². The number of amides is 2. The predicted octanol–water partition coefficient (Wildman–Crippen LogP) is 2.59. The van der Waals surface area contributed by atoms with E-state index in [1.165, 1.54) is 31.2 Å². The van der Waals surface area contributed by atoms with E-state index in [0.29, 0.717) is 36.3 Å². The van der Waals surface area contributed by atoms with E-state index in [-0.39, 0.29) is 39.5 Å². The molecule has 9 nitrogen and oxygen atoms in total. The standard InChI is InChI=1S/C21H23FN4O5S2/c1-13(27)26-10-2-3-15(26)12-31-25-19(20(28)24-21-23-11-18(22)32-21)14-4-6-16(7-5-14)33(29,30)17-8-9-17/h4-7,11,15,17H,2-3,8-10,12H2,1H3,(H,23,24,28)/t15-/m1/s1. The van der Waals surface area contributed by atoms with Crippen molar-refractivity contribution in [3.8, 4) is 0 Å². The van der Waals surface area contributed by atoms with E-state index in [9.17, 15) is 22.4 Å². The lowest BCUT2D eigenvalue weighted by Crippen LogP contribution is -2.36. The molecule has 0 unspecified atom stereocenters. The summed E-state index contributed by atoms with van der Waals surface area (Å²) in [6.45, 7) is 2.24. The van der Waals surface area contributed by atoms with Crippen LogP contribution in [0.15, 0.2) is 40.5 Å². The largest absolute Gasteiger partial charge is 0.393 e. The number of hydrogen-bond donors (Lipinski definition) is 1. The molecule has 2 amide bonds. The van der Waals surface area contributed by atoms with Gasteiger partial charge in [0, 0.05) is 19.0 Å². The number of aromatic nitrogens is 1. The Morgan fingerprint density at radius 1 is 1.27 bits per heavy atom. The summed E-state index contributed by atoms with van der Waals surface area (Å²) in [5, 5.41) is 5.62. The molecule has 0 radical (unpaired) electrons. The van der Waals surface area contributed by atoms with E-state index in [4.69, 9.17) is 4.84 Å². The summed E-state index contributed by atoms with van der Waals surface area (Å²) in [6, 6.07) is 5.69. The van der Waals surface area contributed by atoms with Crippen molar-refractivity contribution in [1.82, 2.24) is 9.88 Å². The molecule has 1 aliphatic heterocycles. The van der Waals surface area contributed by atoms with Crippen molar-refractivity contribution in [2.24, 2.45) is 5.16 Å². The van der Waals surface area contributed by atoms with Crippen molar-refractivity contribution >= 4 is 43.8 Å². The quantitative estimate of drug-likeness (QED) is 0.445. The topological polar surface area (TPSA) is 118 Å². The number of halogens is 1. The molecule has 1 aromatic heterocycles. The van der Waals surface area contributed by atoms with Crippen LogP contribution < -0.4 is 5.32 Å². The maximum atomic E-state index is 13.3. The van der Waals surface area contributed by atoms with E-state index in [1.807, 2.05) is 0 Å². The van der Waals surface area contributed by atoms with Crippen LogP contribution in [-0.4, -0.2) is 60.3 Å². The summed E-state index contributed by atoms with van der Waals surface area (Å²) in [7, 11) is -3.38. The van der Waals surface area contributed by atoms with Gasteiger partial charge in [-0.15, -0.1) is 0 Å². The molecule has 2 aromatic rings. The van der Waals surface area contributed by atoms with Crippen LogP contribution in [0, 0.1) is 5.13 Å². The third-order valence-corrected chi connectivity index (χ3v) is 8.52. The predicted molar refractivity (Wildman–Crippen MR) is 120 cm³/mol. The maximum Gasteiger partial charge on any atom is 0.280 e. The van der Waals surface area contributed by atoms with E-state index in [0.717, 1.165) is 19.0 Å². The number of rotatable bonds is 8. The molecule has 0 spiro atoms. The van der Waals surface area contributed by atoms with Crippen molar-refractivity contribution in [1.29, 1.82) is 0 Å². The van der Waals surface area contributed by atoms with Crippen LogP contribution in [0.5, 0.6) is 0 Å². The second-order valence-electron chi connectivity index (χ2n) is 7.94. The van der Waals surface area contributed by atoms with Gasteiger partial charge < -0.3 is 9.74 Å². The fourth-order valence-corrected chi connectivity index (χ4v) is 5.87. The third kappa shape index (κ3) is 5.38. The van der Waals surface area contributed by atoms with Crippen molar-refractivity contribution in [3.05, 3.63) is 41.2 Å². The van der Waals surface area contributed by atoms with E-state index in [1.54, 1.807) is 4.90 Å². The first kappa shape index (κ1) is 23.3. The van der Waals surface area contributed by atoms with Gasteiger partial charge in [0.1, 0.15) is 6.61 Å². The van der Waals surface area contributed by atoms with Gasteiger partial charge in [-0.1, -0.05) is 28.6 Å². The Morgan fingerprint density at radius 2 is 2.00 bits per heavy atom. The molecule has 2 aliphatic rings. The number of anilines is 1. The SMILES string of the molecule is CC(=O)N1CCC[C@@H]1CON=C(C(=O)Nc1ncc(F)s1)c1ccc(S(=O)(=O)C2CC2)cc1. The molecular formula is C21H23FN4O5S2. The number of hydrogen-bond acceptors (Lipinski definition) is 8. The first-order valence-corrected chi connectivity index (χ1v) is 12.9. The molecule has 12 heteroatoms. The van der Waals surface area contributed by atoms with Crippen molar-refractivity contribution in [3.63, 3.8) is 0 Å². The maximum absolute atomic E-state index is 13.3. The highest BCUT2D eigenvalue weighted by Crippen LogP contribution is 2.33. The number of benzene rings is 1. The van der Waals surface area contributed by atoms with Gasteiger partial charge in [0.25, 0.3) is 5.91 Å². The van der Waals surface area contributed by atoms with Crippen LogP contribution >= 0.6 is 11.3 Å². The Balaban J connectivity index is 1.54. The summed E-state index contributed by atoms with van der Waals surface area (Å²) < 4.78 is 38.2. The minimum atomic E-state index is -3.38. The zero-order valence-electron chi connectivity index (χ0n) is 17.9. The molecule has 33 heavy (non-hydrogen) atoms. The number of carbonyl (C=O) groups excluding carboxylic acids is 2. The number of sulfone groups is 1. The Kier molecular flexibility index (Phi) is 6.75. The zero-order valence-corrected chi connectivity index (χ0v) is 19.5. The summed E-state index contributed by atoms with van der Waals surface area (Å²) in [6.07, 6.45) is 3.91. The average Bonchev–Trinajstić information content (AvgIpc) is 3.42. The van der Waals surface area contributed by atoms with Gasteiger partial charge in [0.2, 0.25) is 5.91 Å². The number of oxime groups is 1. The molecule has 1 saturated carbocycles. The Morgan fingerprint density at radius 3 is 2.61 bits per heavy atom. The normalized spacial score (nSPS) is 18.9. The van der Waals surface area contributed by atoms with Gasteiger partial charge in [-0.25, -0.2) is 13.4 Å². The molecule has 2 heterocycles. The monoisotopic (exact) mass is 494 g/mol. The van der Waals surface area contributed by atoms with Crippen LogP contribution in [0.4, 0.5) is 9.52 Å². The number of likely N-dealkylation sites (tertiary alicyclic amines) is 1. The Hall–Kier alpha value is -2.86. The number of nitrogens with zero attached hydrogens (tertiary/aromatic N) is 3. The molecular weight excluding hydrogens is 471 g/mol. The molecule has 176 valence electrons. The van der Waals surface area contributed by atoms with Crippen LogP contribution in [0.25, 0.3) is 0 Å². The van der Waals surface area contributed by atoms with Crippen LogP contribution in [0.3, 0.4) is 0 Å². The molecule has 1 aromatic carbocycles. The van der Waals surface area contributed by atoms with E-state index < -0.39 is 20.9 Å². The Labute approximate surface area is 194 Å². The lowest BCUT2D eigenvalue weighted by Gasteiger charge is -2.22. The first-order chi connectivity index (χ1) is 15.8. The van der Waals surface area contributed by atoms with Gasteiger partial charge in [0.15, 0.2) is 25.8 Å². The van der Waals surface area contributed by atoms with Gasteiger partial charge in [0.05, 0.1) is 22.4 Å². The molecule has 1 atom stereocenters. The van der Waals surface area contributed by atoms with E-state index in [2.05, 4.69) is 15.5 Å². The first-order valence-electron chi connectivity index (χ1n) is 10.5. The summed E-state index contributed by atoms with van der Waals surface area (Å²) >= 11 is 0.663. The fourth-order valence-electron chi connectivity index (χ4n) is 3.68. The molecule has 1 aliphatic carbocycles. The van der Waals surface area contributed by atoms with Gasteiger partial charge in [-0.2, -0.15) is 4.39 Å². The number of carbonyl (C=O) groups is 2. The smallest absolute Gasteiger partial charge is 0.280 e. The Bertz CT molecular complexity index is 1180. The lowest BCUT2D eigenvalue weighted by molar-refractivity contribution is -0.130. The van der Waals surface area contributed by atoms with Crippen LogP contribution in [0.2, 0.25) is 0 Å². The average molecular weight is 495 g/mol. The fraction of sp³-hybridized carbons (Fsp3) is 0.429. The van der Waals surface area contributed by atoms with Crippen LogP contribution in [0.1, 0.15) is 38.2 Å². The summed E-state index contributed by atoms with van der Waals surface area (Å²) in [5.74, 6) is -0.738. The second-order valence-corrected chi connectivity index (χ2v) is 11.1. The molecule has 1 N–H and O–H groups in total. The number of thiazole rings is 1. The lowest BCUT2D eigenvalue weighted by atomic mass is 10.1. The highest BCUT2D eigenvalue weighted by atomic mass is 32.2. The zero-order chi connectivity index (χ0) is 23.6. The highest BCUT2D eigenvalue weighted by molar-refractivity contribution is 7.92. The van der Waals surface area contributed by atoms with Crippen LogP contribution in [-0.2, 0) is 24.3 Å². The second kappa shape index (κ2) is 9.56. The molecule has 4 rings (SSSR count). The number of nitrogens with one attached hydrogen (secondary N) is 1. The van der Waals surface area contributed by atoms with Gasteiger partial charge in [-0.05, 0) is 37.8 Å². The van der Waals surface area contributed by atoms with Gasteiger partial charge in [-0.3, -0.25) is 14.9 Å². The van der Waals surface area contributed by atoms with E-state index >= 15 is 0 Å².